The molecule has 0 bridgehead atoms. The molecule has 0 saturated heterocycles. The fourth-order valence-electron chi connectivity index (χ4n) is 4.26. The van der Waals surface area contributed by atoms with Crippen LogP contribution < -0.4 is 10.6 Å². The van der Waals surface area contributed by atoms with Crippen molar-refractivity contribution in [2.75, 3.05) is 0 Å². The molecule has 0 unspecified atom stereocenters. The smallest absolute Gasteiger partial charge is 0.0471 e. The van der Waals surface area contributed by atoms with Gasteiger partial charge in [-0.15, -0.1) is 0 Å². The lowest BCUT2D eigenvalue weighted by atomic mass is 9.94. The summed E-state index contributed by atoms with van der Waals surface area (Å²) in [6.07, 6.45) is 11.3. The van der Waals surface area contributed by atoms with Gasteiger partial charge in [0.15, 0.2) is 0 Å². The van der Waals surface area contributed by atoms with Gasteiger partial charge in [-0.2, -0.15) is 0 Å². The van der Waals surface area contributed by atoms with E-state index >= 15 is 0 Å². The van der Waals surface area contributed by atoms with Crippen LogP contribution in [-0.4, -0.2) is 9.97 Å². The van der Waals surface area contributed by atoms with Crippen molar-refractivity contribution in [3.8, 4) is 0 Å². The molecule has 5 rings (SSSR count). The Bertz CT molecular complexity index is 1420. The summed E-state index contributed by atoms with van der Waals surface area (Å²) >= 11 is 0. The number of aromatic nitrogens is 2. The van der Waals surface area contributed by atoms with Crippen molar-refractivity contribution >= 4 is 46.1 Å². The van der Waals surface area contributed by atoms with E-state index in [2.05, 4.69) is 77.8 Å². The summed E-state index contributed by atoms with van der Waals surface area (Å²) in [6, 6.07) is 13.1. The van der Waals surface area contributed by atoms with Gasteiger partial charge in [0.25, 0.3) is 0 Å². The molecule has 0 amide bonds. The fraction of sp³-hybridized carbons (Fsp3) is 0.143. The lowest BCUT2D eigenvalue weighted by molar-refractivity contribution is 1.20. The third-order valence-electron chi connectivity index (χ3n) is 5.51. The van der Waals surface area contributed by atoms with Crippen LogP contribution in [0.15, 0.2) is 61.2 Å². The molecule has 2 heterocycles. The summed E-state index contributed by atoms with van der Waals surface area (Å²) in [5.74, 6) is 0. The highest BCUT2D eigenvalue weighted by atomic mass is 14.7. The number of aromatic amines is 2. The number of benzene rings is 2. The van der Waals surface area contributed by atoms with Crippen molar-refractivity contribution in [2.45, 2.75) is 27.2 Å². The summed E-state index contributed by atoms with van der Waals surface area (Å²) in [5.41, 5.74) is 8.16. The molecule has 1 aliphatic carbocycles. The molecule has 1 aliphatic rings. The monoisotopic (exact) mass is 392 g/mol. The highest BCUT2D eigenvalue weighted by Crippen LogP contribution is 2.29. The second-order valence-electron chi connectivity index (χ2n) is 7.37. The third-order valence-corrected chi connectivity index (χ3v) is 5.51. The van der Waals surface area contributed by atoms with Crippen molar-refractivity contribution < 1.29 is 0 Å². The van der Waals surface area contributed by atoms with Gasteiger partial charge in [0, 0.05) is 43.6 Å². The fourth-order valence-corrected chi connectivity index (χ4v) is 4.26. The zero-order valence-electron chi connectivity index (χ0n) is 18.0. The number of para-hydroxylation sites is 1. The van der Waals surface area contributed by atoms with Crippen LogP contribution in [0.2, 0.25) is 0 Å². The number of hydrogen-bond donors (Lipinski definition) is 2. The molecule has 0 aliphatic heterocycles. The zero-order chi connectivity index (χ0) is 21.3. The number of nitrogens with one attached hydrogen (secondary N) is 2. The van der Waals surface area contributed by atoms with E-state index in [-0.39, 0.29) is 0 Å². The second-order valence-corrected chi connectivity index (χ2v) is 7.37. The molecule has 2 nitrogen and oxygen atoms in total. The van der Waals surface area contributed by atoms with Gasteiger partial charge in [-0.05, 0) is 66.5 Å². The summed E-state index contributed by atoms with van der Waals surface area (Å²) in [5, 5.41) is 4.79. The molecule has 0 radical (unpaired) electrons. The first-order valence-corrected chi connectivity index (χ1v) is 10.6. The maximum Gasteiger partial charge on any atom is 0.0471 e. The Balaban J connectivity index is 0.00000106. The summed E-state index contributed by atoms with van der Waals surface area (Å²) in [4.78, 5) is 7.09. The molecule has 0 atom stereocenters. The SMILES string of the molecule is C=Cc1c(/C=C\C)[nH]c2/c1=C\c1cc3[nH]c4ccccc4c3cc1CC(=C)\C=2.CC. The molecule has 2 N–H and O–H groups in total. The number of allylic oxidation sites excluding steroid dienone is 2. The van der Waals surface area contributed by atoms with Crippen molar-refractivity contribution in [1.29, 1.82) is 0 Å². The first kappa shape index (κ1) is 19.8. The minimum absolute atomic E-state index is 0.835. The molecule has 30 heavy (non-hydrogen) atoms. The van der Waals surface area contributed by atoms with Crippen LogP contribution in [0.4, 0.5) is 0 Å². The van der Waals surface area contributed by atoms with Crippen LogP contribution in [0.1, 0.15) is 43.2 Å². The number of fused-ring (bicyclic) bond motifs is 5. The van der Waals surface area contributed by atoms with Crippen LogP contribution >= 0.6 is 0 Å². The molecule has 4 aromatic rings. The van der Waals surface area contributed by atoms with Crippen LogP contribution in [0.3, 0.4) is 0 Å². The van der Waals surface area contributed by atoms with Crippen LogP contribution in [0.25, 0.3) is 46.1 Å². The predicted octanol–water partition coefficient (Wildman–Crippen LogP) is 6.07. The Morgan fingerprint density at radius 3 is 2.53 bits per heavy atom. The standard InChI is InChI=1S/C26H22N2.C2H6/c1-4-8-23-19(5-2)21-14-18-15-26-22(20-9-6-7-10-24(20)28-26)13-17(18)11-16(3)12-25(21)27-23;1-2/h4-10,12-15,27-28H,2-3,11H2,1H3;1-2H3/b8-4-,21-14-,25-12+;. The Kier molecular flexibility index (Phi) is 5.33. The highest BCUT2D eigenvalue weighted by Gasteiger charge is 2.13. The molecule has 2 aromatic heterocycles. The Hall–Kier alpha value is -3.52. The van der Waals surface area contributed by atoms with E-state index in [1.807, 2.05) is 32.9 Å². The van der Waals surface area contributed by atoms with Gasteiger partial charge in [0.2, 0.25) is 0 Å². The highest BCUT2D eigenvalue weighted by molar-refractivity contribution is 6.08. The summed E-state index contributed by atoms with van der Waals surface area (Å²) in [7, 11) is 0. The third kappa shape index (κ3) is 3.25. The van der Waals surface area contributed by atoms with Crippen molar-refractivity contribution in [3.63, 3.8) is 0 Å². The largest absolute Gasteiger partial charge is 0.355 e. The van der Waals surface area contributed by atoms with E-state index in [4.69, 9.17) is 0 Å². The maximum atomic E-state index is 4.31. The number of hydrogen-bond acceptors (Lipinski definition) is 0. The number of rotatable bonds is 2. The Morgan fingerprint density at radius 2 is 1.77 bits per heavy atom. The van der Waals surface area contributed by atoms with E-state index in [1.165, 1.54) is 32.6 Å². The first-order chi connectivity index (χ1) is 14.7. The topological polar surface area (TPSA) is 31.6 Å². The quantitative estimate of drug-likeness (QED) is 0.415. The van der Waals surface area contributed by atoms with Gasteiger partial charge in [0.1, 0.15) is 0 Å². The van der Waals surface area contributed by atoms with Crippen molar-refractivity contribution in [3.05, 3.63) is 94.2 Å². The van der Waals surface area contributed by atoms with E-state index < -0.39 is 0 Å². The maximum absolute atomic E-state index is 4.31. The van der Waals surface area contributed by atoms with Gasteiger partial charge in [-0.25, -0.2) is 0 Å². The van der Waals surface area contributed by atoms with Crippen molar-refractivity contribution in [1.82, 2.24) is 9.97 Å². The van der Waals surface area contributed by atoms with Gasteiger partial charge < -0.3 is 9.97 Å². The predicted molar refractivity (Wildman–Crippen MR) is 133 cm³/mol. The minimum Gasteiger partial charge on any atom is -0.355 e. The number of H-pyrrole nitrogens is 2. The lowest BCUT2D eigenvalue weighted by Crippen LogP contribution is -2.25. The Morgan fingerprint density at radius 1 is 0.967 bits per heavy atom. The molecular formula is C28H28N2. The van der Waals surface area contributed by atoms with Gasteiger partial charge in [-0.1, -0.05) is 57.4 Å². The van der Waals surface area contributed by atoms with E-state index in [1.54, 1.807) is 0 Å². The van der Waals surface area contributed by atoms with E-state index in [0.717, 1.165) is 34.1 Å². The molecule has 0 fully saturated rings. The van der Waals surface area contributed by atoms with Gasteiger partial charge >= 0.3 is 0 Å². The summed E-state index contributed by atoms with van der Waals surface area (Å²) in [6.45, 7) is 14.4. The van der Waals surface area contributed by atoms with E-state index in [9.17, 15) is 0 Å². The molecular weight excluding hydrogens is 364 g/mol. The van der Waals surface area contributed by atoms with E-state index in [0.29, 0.717) is 0 Å². The average molecular weight is 393 g/mol. The lowest BCUT2D eigenvalue weighted by Gasteiger charge is -2.10. The normalized spacial score (nSPS) is 15.2. The molecule has 0 saturated carbocycles. The second kappa shape index (κ2) is 8.08. The average Bonchev–Trinajstić information content (AvgIpc) is 3.26. The molecule has 0 spiro atoms. The first-order valence-electron chi connectivity index (χ1n) is 10.6. The van der Waals surface area contributed by atoms with Crippen molar-refractivity contribution in [2.24, 2.45) is 0 Å². The van der Waals surface area contributed by atoms with Crippen LogP contribution in [0, 0.1) is 0 Å². The minimum atomic E-state index is 0.835. The van der Waals surface area contributed by atoms with Crippen LogP contribution in [-0.2, 0) is 6.42 Å². The van der Waals surface area contributed by atoms with Gasteiger partial charge in [-0.3, -0.25) is 0 Å². The molecule has 2 heteroatoms. The molecule has 150 valence electrons. The molecule has 2 aromatic carbocycles. The van der Waals surface area contributed by atoms with Gasteiger partial charge in [0.05, 0.1) is 0 Å². The summed E-state index contributed by atoms with van der Waals surface area (Å²) < 4.78 is 0. The zero-order valence-corrected chi connectivity index (χ0v) is 18.0. The Labute approximate surface area is 177 Å². The van der Waals surface area contributed by atoms with Crippen LogP contribution in [0.5, 0.6) is 0 Å².